The third kappa shape index (κ3) is 3.06. The molecule has 1 N–H and O–H groups in total. The number of morpholine rings is 1. The number of carbonyl (C=O) groups is 1. The largest absolute Gasteiger partial charge is 0.376 e. The van der Waals surface area contributed by atoms with E-state index in [4.69, 9.17) is 4.74 Å². The Morgan fingerprint density at radius 2 is 2.19 bits per heavy atom. The average molecular weight is 296 g/mol. The van der Waals surface area contributed by atoms with Crippen LogP contribution in [0.1, 0.15) is 23.7 Å². The number of ether oxygens (including phenoxy) is 1. The van der Waals surface area contributed by atoms with Crippen molar-refractivity contribution < 1.29 is 18.3 Å². The van der Waals surface area contributed by atoms with Crippen LogP contribution in [0, 0.1) is 11.6 Å². The molecule has 0 bridgehead atoms. The smallest absolute Gasteiger partial charge is 0.254 e. The van der Waals surface area contributed by atoms with E-state index in [1.54, 1.807) is 0 Å². The van der Waals surface area contributed by atoms with Gasteiger partial charge in [0.25, 0.3) is 5.91 Å². The Balaban J connectivity index is 1.65. The van der Waals surface area contributed by atoms with Crippen LogP contribution in [-0.4, -0.2) is 48.7 Å². The molecule has 3 atom stereocenters. The topological polar surface area (TPSA) is 41.6 Å². The van der Waals surface area contributed by atoms with Gasteiger partial charge in [0.2, 0.25) is 0 Å². The summed E-state index contributed by atoms with van der Waals surface area (Å²) in [5, 5.41) is 2.79. The van der Waals surface area contributed by atoms with Crippen molar-refractivity contribution in [2.45, 2.75) is 31.5 Å². The number of nitrogens with zero attached hydrogens (tertiary/aromatic N) is 1. The van der Waals surface area contributed by atoms with E-state index in [9.17, 15) is 13.6 Å². The maximum absolute atomic E-state index is 13.6. The van der Waals surface area contributed by atoms with Gasteiger partial charge in [0.1, 0.15) is 11.6 Å². The van der Waals surface area contributed by atoms with Gasteiger partial charge in [0.15, 0.2) is 0 Å². The second kappa shape index (κ2) is 5.69. The first-order chi connectivity index (χ1) is 10.0. The Hall–Kier alpha value is -1.53. The highest BCUT2D eigenvalue weighted by atomic mass is 19.1. The second-order valence-corrected chi connectivity index (χ2v) is 5.78. The van der Waals surface area contributed by atoms with Crippen LogP contribution < -0.4 is 5.32 Å². The highest BCUT2D eigenvalue weighted by Crippen LogP contribution is 2.23. The first kappa shape index (κ1) is 14.4. The van der Waals surface area contributed by atoms with E-state index in [0.717, 1.165) is 37.7 Å². The molecule has 114 valence electrons. The van der Waals surface area contributed by atoms with Gasteiger partial charge in [0, 0.05) is 25.2 Å². The Kier molecular flexibility index (Phi) is 3.91. The van der Waals surface area contributed by atoms with E-state index in [1.165, 1.54) is 0 Å². The zero-order chi connectivity index (χ0) is 15.0. The molecule has 2 aliphatic heterocycles. The number of benzene rings is 1. The van der Waals surface area contributed by atoms with Gasteiger partial charge in [-0.15, -0.1) is 0 Å². The SMILES string of the molecule is C[C@@H]1CN2C[C@@H](NC(=O)c3cc(F)ccc3F)C[C@H]2CO1. The predicted octanol–water partition coefficient (Wildman–Crippen LogP) is 1.56. The standard InChI is InChI=1S/C15H18F2N2O2/c1-9-6-19-7-11(5-12(19)8-21-9)18-15(20)13-4-10(16)2-3-14(13)17/h2-4,9,11-12H,5-8H2,1H3,(H,18,20)/t9-,11+,12+/m1/s1. The summed E-state index contributed by atoms with van der Waals surface area (Å²) in [6.07, 6.45) is 0.964. The van der Waals surface area contributed by atoms with E-state index in [2.05, 4.69) is 10.2 Å². The lowest BCUT2D eigenvalue weighted by Crippen LogP contribution is -2.45. The average Bonchev–Trinajstić information content (AvgIpc) is 2.82. The highest BCUT2D eigenvalue weighted by molar-refractivity contribution is 5.94. The minimum Gasteiger partial charge on any atom is -0.376 e. The maximum Gasteiger partial charge on any atom is 0.254 e. The van der Waals surface area contributed by atoms with Crippen LogP contribution in [0.2, 0.25) is 0 Å². The van der Waals surface area contributed by atoms with Gasteiger partial charge in [-0.3, -0.25) is 9.69 Å². The second-order valence-electron chi connectivity index (χ2n) is 5.78. The molecule has 0 saturated carbocycles. The summed E-state index contributed by atoms with van der Waals surface area (Å²) in [7, 11) is 0. The van der Waals surface area contributed by atoms with E-state index in [0.29, 0.717) is 12.6 Å². The molecule has 4 nitrogen and oxygen atoms in total. The van der Waals surface area contributed by atoms with Crippen molar-refractivity contribution in [3.63, 3.8) is 0 Å². The summed E-state index contributed by atoms with van der Waals surface area (Å²) < 4.78 is 32.3. The third-order valence-corrected chi connectivity index (χ3v) is 4.10. The summed E-state index contributed by atoms with van der Waals surface area (Å²) >= 11 is 0. The van der Waals surface area contributed by atoms with Crippen LogP contribution in [0.4, 0.5) is 8.78 Å². The van der Waals surface area contributed by atoms with Crippen molar-refractivity contribution in [3.8, 4) is 0 Å². The first-order valence-electron chi connectivity index (χ1n) is 7.14. The molecule has 2 fully saturated rings. The normalized spacial score (nSPS) is 29.2. The molecule has 0 radical (unpaired) electrons. The Bertz CT molecular complexity index is 552. The van der Waals surface area contributed by atoms with Gasteiger partial charge in [0.05, 0.1) is 18.3 Å². The molecule has 2 heterocycles. The highest BCUT2D eigenvalue weighted by Gasteiger charge is 2.37. The fourth-order valence-electron chi connectivity index (χ4n) is 3.08. The van der Waals surface area contributed by atoms with Crippen molar-refractivity contribution in [1.82, 2.24) is 10.2 Å². The number of amides is 1. The molecule has 2 saturated heterocycles. The summed E-state index contributed by atoms with van der Waals surface area (Å²) in [5.41, 5.74) is -0.246. The number of fused-ring (bicyclic) bond motifs is 1. The zero-order valence-electron chi connectivity index (χ0n) is 11.8. The van der Waals surface area contributed by atoms with Crippen molar-refractivity contribution >= 4 is 5.91 Å². The number of hydrogen-bond acceptors (Lipinski definition) is 3. The zero-order valence-corrected chi connectivity index (χ0v) is 11.8. The Morgan fingerprint density at radius 1 is 1.38 bits per heavy atom. The van der Waals surface area contributed by atoms with E-state index in [1.807, 2.05) is 6.92 Å². The fraction of sp³-hybridized carbons (Fsp3) is 0.533. The Morgan fingerprint density at radius 3 is 3.00 bits per heavy atom. The van der Waals surface area contributed by atoms with Crippen molar-refractivity contribution in [2.75, 3.05) is 19.7 Å². The molecule has 21 heavy (non-hydrogen) atoms. The van der Waals surface area contributed by atoms with Gasteiger partial charge in [-0.2, -0.15) is 0 Å². The lowest BCUT2D eigenvalue weighted by atomic mass is 10.1. The molecule has 1 amide bonds. The maximum atomic E-state index is 13.6. The molecule has 3 rings (SSSR count). The van der Waals surface area contributed by atoms with Crippen LogP contribution in [0.25, 0.3) is 0 Å². The van der Waals surface area contributed by atoms with Crippen molar-refractivity contribution in [2.24, 2.45) is 0 Å². The number of nitrogens with one attached hydrogen (secondary N) is 1. The van der Waals surface area contributed by atoms with E-state index < -0.39 is 17.5 Å². The number of hydrogen-bond donors (Lipinski definition) is 1. The molecular formula is C15H18F2N2O2. The number of rotatable bonds is 2. The molecule has 0 aliphatic carbocycles. The van der Waals surface area contributed by atoms with Crippen LogP contribution >= 0.6 is 0 Å². The number of carbonyl (C=O) groups excluding carboxylic acids is 1. The molecule has 0 unspecified atom stereocenters. The monoisotopic (exact) mass is 296 g/mol. The van der Waals surface area contributed by atoms with Crippen LogP contribution in [0.3, 0.4) is 0 Å². The lowest BCUT2D eigenvalue weighted by Gasteiger charge is -2.33. The third-order valence-electron chi connectivity index (χ3n) is 4.10. The summed E-state index contributed by atoms with van der Waals surface area (Å²) in [6, 6.07) is 3.14. The molecule has 1 aromatic rings. The summed E-state index contributed by atoms with van der Waals surface area (Å²) in [4.78, 5) is 14.4. The van der Waals surface area contributed by atoms with Gasteiger partial charge in [-0.25, -0.2) is 8.78 Å². The van der Waals surface area contributed by atoms with E-state index >= 15 is 0 Å². The minimum absolute atomic E-state index is 0.0564. The summed E-state index contributed by atoms with van der Waals surface area (Å²) in [5.74, 6) is -1.89. The van der Waals surface area contributed by atoms with Gasteiger partial charge in [-0.1, -0.05) is 0 Å². The molecular weight excluding hydrogens is 278 g/mol. The molecule has 0 aromatic heterocycles. The van der Waals surface area contributed by atoms with Gasteiger partial charge < -0.3 is 10.1 Å². The molecule has 6 heteroatoms. The fourth-order valence-corrected chi connectivity index (χ4v) is 3.08. The first-order valence-corrected chi connectivity index (χ1v) is 7.14. The van der Waals surface area contributed by atoms with Crippen LogP contribution in [0.5, 0.6) is 0 Å². The molecule has 2 aliphatic rings. The molecule has 0 spiro atoms. The van der Waals surface area contributed by atoms with Gasteiger partial charge in [-0.05, 0) is 31.5 Å². The summed E-state index contributed by atoms with van der Waals surface area (Å²) in [6.45, 7) is 4.23. The van der Waals surface area contributed by atoms with Crippen molar-refractivity contribution in [1.29, 1.82) is 0 Å². The Labute approximate surface area is 122 Å². The quantitative estimate of drug-likeness (QED) is 0.900. The van der Waals surface area contributed by atoms with Gasteiger partial charge >= 0.3 is 0 Å². The van der Waals surface area contributed by atoms with Crippen LogP contribution in [0.15, 0.2) is 18.2 Å². The van der Waals surface area contributed by atoms with Crippen LogP contribution in [-0.2, 0) is 4.74 Å². The van der Waals surface area contributed by atoms with Crippen molar-refractivity contribution in [3.05, 3.63) is 35.4 Å². The molecule has 1 aromatic carbocycles. The lowest BCUT2D eigenvalue weighted by molar-refractivity contribution is -0.0390. The van der Waals surface area contributed by atoms with E-state index in [-0.39, 0.29) is 17.7 Å². The number of halogens is 2. The minimum atomic E-state index is -0.707. The predicted molar refractivity (Wildman–Crippen MR) is 73.0 cm³/mol.